The molecule has 0 radical (unpaired) electrons. The highest BCUT2D eigenvalue weighted by Gasteiger charge is 2.42. The fourth-order valence-corrected chi connectivity index (χ4v) is 4.04. The summed E-state index contributed by atoms with van der Waals surface area (Å²) in [5.41, 5.74) is 10.4. The van der Waals surface area contributed by atoms with Gasteiger partial charge in [-0.15, -0.1) is 0 Å². The summed E-state index contributed by atoms with van der Waals surface area (Å²) < 4.78 is 46.1. The standard InChI is InChI=1S/C24H17FN4.C2HF3O2/c25-22-19(8-4-12-28-22)16-5-3-6-18(15-16)24(17-10-13-27-14-11-17)21-9-2-1-7-20(21)23(26)29-24;3-2(4,5)1(6)7/h1-15H,(H2,26,29);(H,6,7). The van der Waals surface area contributed by atoms with Crippen LogP contribution in [0.3, 0.4) is 0 Å². The monoisotopic (exact) mass is 494 g/mol. The van der Waals surface area contributed by atoms with Crippen LogP contribution in [0.25, 0.3) is 11.1 Å². The van der Waals surface area contributed by atoms with Crippen molar-refractivity contribution in [3.8, 4) is 11.1 Å². The van der Waals surface area contributed by atoms with Crippen LogP contribution in [-0.4, -0.2) is 33.1 Å². The first-order valence-corrected chi connectivity index (χ1v) is 10.5. The summed E-state index contributed by atoms with van der Waals surface area (Å²) in [4.78, 5) is 21.8. The van der Waals surface area contributed by atoms with Crippen molar-refractivity contribution in [2.45, 2.75) is 11.7 Å². The molecule has 1 atom stereocenters. The smallest absolute Gasteiger partial charge is 0.475 e. The highest BCUT2D eigenvalue weighted by atomic mass is 19.4. The molecule has 10 heteroatoms. The lowest BCUT2D eigenvalue weighted by Crippen LogP contribution is -2.25. The summed E-state index contributed by atoms with van der Waals surface area (Å²) in [5.74, 6) is -2.78. The van der Waals surface area contributed by atoms with Crippen LogP contribution in [0.4, 0.5) is 17.6 Å². The number of aliphatic carboxylic acids is 1. The molecule has 0 spiro atoms. The van der Waals surface area contributed by atoms with E-state index in [1.165, 1.54) is 6.20 Å². The molecule has 4 aromatic rings. The van der Waals surface area contributed by atoms with Crippen LogP contribution < -0.4 is 5.73 Å². The van der Waals surface area contributed by atoms with E-state index in [-0.39, 0.29) is 0 Å². The van der Waals surface area contributed by atoms with Gasteiger partial charge in [-0.05, 0) is 52.6 Å². The van der Waals surface area contributed by atoms with Crippen molar-refractivity contribution in [2.24, 2.45) is 10.7 Å². The molecule has 6 nitrogen and oxygen atoms in total. The number of fused-ring (bicyclic) bond motifs is 1. The summed E-state index contributed by atoms with van der Waals surface area (Å²) >= 11 is 0. The first-order chi connectivity index (χ1) is 17.1. The van der Waals surface area contributed by atoms with Gasteiger partial charge in [-0.2, -0.15) is 17.6 Å². The van der Waals surface area contributed by atoms with E-state index in [1.807, 2.05) is 60.7 Å². The Hall–Kier alpha value is -4.60. The molecule has 0 aliphatic carbocycles. The van der Waals surface area contributed by atoms with Gasteiger partial charge in [0.25, 0.3) is 0 Å². The number of hydrogen-bond acceptors (Lipinski definition) is 5. The molecule has 182 valence electrons. The molecular weight excluding hydrogens is 476 g/mol. The SMILES string of the molecule is NC1=NC(c2ccncc2)(c2cccc(-c3cccnc3F)c2)c2ccccc21.O=C(O)C(F)(F)F. The van der Waals surface area contributed by atoms with E-state index in [4.69, 9.17) is 20.6 Å². The number of halogens is 4. The fraction of sp³-hybridized carbons (Fsp3) is 0.0769. The lowest BCUT2D eigenvalue weighted by molar-refractivity contribution is -0.192. The van der Waals surface area contributed by atoms with Crippen molar-refractivity contribution in [1.29, 1.82) is 0 Å². The number of rotatable bonds is 3. The molecule has 1 aliphatic rings. The van der Waals surface area contributed by atoms with Crippen molar-refractivity contribution < 1.29 is 27.5 Å². The molecule has 2 aromatic heterocycles. The molecule has 5 rings (SSSR count). The summed E-state index contributed by atoms with van der Waals surface area (Å²) in [7, 11) is 0. The van der Waals surface area contributed by atoms with Gasteiger partial charge in [0.1, 0.15) is 11.4 Å². The Bertz CT molecular complexity index is 1440. The Labute approximate surface area is 202 Å². The van der Waals surface area contributed by atoms with E-state index >= 15 is 0 Å². The number of alkyl halides is 3. The Morgan fingerprint density at radius 3 is 2.19 bits per heavy atom. The number of pyridine rings is 2. The quantitative estimate of drug-likeness (QED) is 0.311. The number of benzene rings is 2. The zero-order valence-corrected chi connectivity index (χ0v) is 18.4. The molecule has 0 amide bonds. The second-order valence-electron chi connectivity index (χ2n) is 7.71. The summed E-state index contributed by atoms with van der Waals surface area (Å²) in [6.45, 7) is 0. The summed E-state index contributed by atoms with van der Waals surface area (Å²) in [6.07, 6.45) is -0.151. The van der Waals surface area contributed by atoms with E-state index < -0.39 is 23.6 Å². The molecule has 0 fully saturated rings. The van der Waals surface area contributed by atoms with Crippen molar-refractivity contribution in [3.05, 3.63) is 120 Å². The molecule has 1 aliphatic heterocycles. The number of nitrogens with two attached hydrogens (primary N) is 1. The topological polar surface area (TPSA) is 101 Å². The summed E-state index contributed by atoms with van der Waals surface area (Å²) in [5, 5.41) is 7.12. The molecule has 3 heterocycles. The number of aliphatic imine (C=N–C) groups is 1. The molecule has 0 saturated heterocycles. The van der Waals surface area contributed by atoms with Crippen molar-refractivity contribution in [2.75, 3.05) is 0 Å². The van der Waals surface area contributed by atoms with Crippen molar-refractivity contribution >= 4 is 11.8 Å². The van der Waals surface area contributed by atoms with Gasteiger partial charge in [0.15, 0.2) is 0 Å². The highest BCUT2D eigenvalue weighted by molar-refractivity contribution is 6.03. The maximum atomic E-state index is 14.3. The highest BCUT2D eigenvalue weighted by Crippen LogP contribution is 2.46. The molecule has 0 saturated carbocycles. The molecular formula is C26H18F4N4O2. The molecule has 0 bridgehead atoms. The number of carbonyl (C=O) groups is 1. The molecule has 36 heavy (non-hydrogen) atoms. The van der Waals surface area contributed by atoms with E-state index in [0.717, 1.165) is 27.8 Å². The third kappa shape index (κ3) is 4.52. The minimum Gasteiger partial charge on any atom is -0.475 e. The predicted molar refractivity (Wildman–Crippen MR) is 125 cm³/mol. The molecule has 3 N–H and O–H groups in total. The Balaban J connectivity index is 0.000000384. The lowest BCUT2D eigenvalue weighted by atomic mass is 9.77. The van der Waals surface area contributed by atoms with Gasteiger partial charge in [-0.1, -0.05) is 42.5 Å². The molecule has 2 aromatic carbocycles. The van der Waals surface area contributed by atoms with Crippen molar-refractivity contribution in [3.63, 3.8) is 0 Å². The zero-order valence-electron chi connectivity index (χ0n) is 18.4. The van der Waals surface area contributed by atoms with Crippen LogP contribution in [0.15, 0.2) is 96.4 Å². The van der Waals surface area contributed by atoms with Crippen LogP contribution in [0.1, 0.15) is 22.3 Å². The average Bonchev–Trinajstić information content (AvgIpc) is 3.18. The second-order valence-corrected chi connectivity index (χ2v) is 7.71. The van der Waals surface area contributed by atoms with Gasteiger partial charge < -0.3 is 10.8 Å². The van der Waals surface area contributed by atoms with Crippen molar-refractivity contribution in [1.82, 2.24) is 9.97 Å². The van der Waals surface area contributed by atoms with Crippen LogP contribution in [0.5, 0.6) is 0 Å². The first kappa shape index (κ1) is 24.5. The fourth-order valence-electron chi connectivity index (χ4n) is 4.04. The van der Waals surface area contributed by atoms with E-state index in [2.05, 4.69) is 9.97 Å². The Morgan fingerprint density at radius 1 is 0.861 bits per heavy atom. The number of hydrogen-bond donors (Lipinski definition) is 2. The van der Waals surface area contributed by atoms with Crippen LogP contribution in [0.2, 0.25) is 0 Å². The number of nitrogens with zero attached hydrogens (tertiary/aromatic N) is 3. The van der Waals surface area contributed by atoms with Gasteiger partial charge in [-0.25, -0.2) is 14.8 Å². The van der Waals surface area contributed by atoms with Gasteiger partial charge in [0.2, 0.25) is 5.95 Å². The average molecular weight is 494 g/mol. The predicted octanol–water partition coefficient (Wildman–Crippen LogP) is 4.93. The maximum absolute atomic E-state index is 14.3. The van der Waals surface area contributed by atoms with Crippen LogP contribution in [0, 0.1) is 5.95 Å². The van der Waals surface area contributed by atoms with Crippen LogP contribution in [-0.2, 0) is 10.3 Å². The minimum absolute atomic E-state index is 0.447. The number of amidine groups is 1. The first-order valence-electron chi connectivity index (χ1n) is 10.5. The second kappa shape index (κ2) is 9.57. The number of aromatic nitrogens is 2. The third-order valence-corrected chi connectivity index (χ3v) is 5.57. The number of carboxylic acid groups (broad SMARTS) is 1. The largest absolute Gasteiger partial charge is 0.490 e. The van der Waals surface area contributed by atoms with E-state index in [9.17, 15) is 17.6 Å². The zero-order chi connectivity index (χ0) is 25.9. The normalized spacial score (nSPS) is 16.4. The lowest BCUT2D eigenvalue weighted by Gasteiger charge is -2.29. The van der Waals surface area contributed by atoms with E-state index in [1.54, 1.807) is 24.5 Å². The Morgan fingerprint density at radius 2 is 1.53 bits per heavy atom. The minimum atomic E-state index is -5.08. The van der Waals surface area contributed by atoms with Gasteiger partial charge >= 0.3 is 12.1 Å². The Kier molecular flexibility index (Phi) is 6.52. The van der Waals surface area contributed by atoms with Gasteiger partial charge in [-0.3, -0.25) is 4.98 Å². The third-order valence-electron chi connectivity index (χ3n) is 5.57. The maximum Gasteiger partial charge on any atom is 0.490 e. The van der Waals surface area contributed by atoms with Gasteiger partial charge in [0.05, 0.1) is 0 Å². The summed E-state index contributed by atoms with van der Waals surface area (Å²) in [6, 6.07) is 23.0. The van der Waals surface area contributed by atoms with E-state index in [0.29, 0.717) is 11.4 Å². The van der Waals surface area contributed by atoms with Gasteiger partial charge in [0, 0.05) is 29.7 Å². The van der Waals surface area contributed by atoms with Crippen LogP contribution >= 0.6 is 0 Å². The number of carboxylic acids is 1. The molecule has 1 unspecified atom stereocenters.